The number of rotatable bonds is 9. The van der Waals surface area contributed by atoms with Gasteiger partial charge in [-0.25, -0.2) is 4.99 Å². The number of nitrogens with zero attached hydrogens (tertiary/aromatic N) is 3. The summed E-state index contributed by atoms with van der Waals surface area (Å²) in [7, 11) is 0. The molecule has 0 fully saturated rings. The zero-order chi connectivity index (χ0) is 26.5. The van der Waals surface area contributed by atoms with E-state index < -0.39 is 11.0 Å². The number of guanidine groups is 1. The molecule has 2 atom stereocenters. The van der Waals surface area contributed by atoms with Crippen molar-refractivity contribution in [2.75, 3.05) is 11.5 Å². The maximum atomic E-state index is 13.4. The molecule has 192 valence electrons. The number of nitrogens with two attached hydrogens (primary N) is 2. The molecular formula is C26H26ClN5O5. The molecular weight excluding hydrogens is 498 g/mol. The van der Waals surface area contributed by atoms with Gasteiger partial charge in [-0.2, -0.15) is 0 Å². The second-order valence-corrected chi connectivity index (χ2v) is 8.87. The summed E-state index contributed by atoms with van der Waals surface area (Å²) in [5, 5.41) is 11.8. The fourth-order valence-electron chi connectivity index (χ4n) is 4.00. The van der Waals surface area contributed by atoms with Gasteiger partial charge in [-0.3, -0.25) is 14.9 Å². The number of non-ortho nitro benzene ring substituents is 1. The smallest absolute Gasteiger partial charge is 0.273 e. The molecule has 1 aliphatic heterocycles. The molecule has 0 saturated heterocycles. The number of nitro groups is 1. The minimum absolute atomic E-state index is 0.0143. The van der Waals surface area contributed by atoms with Crippen molar-refractivity contribution in [2.24, 2.45) is 16.5 Å². The molecule has 0 aliphatic carbocycles. The number of halogens is 1. The van der Waals surface area contributed by atoms with E-state index in [0.717, 1.165) is 11.1 Å². The topological polar surface area (TPSA) is 146 Å². The SMILES string of the molecule is CC(N=C(N)N)c1ccc(OCCC2Oc3cc([N+](=O)[O-])ccc3N(Cc3ccccc3Cl)C2=O)cc1. The summed E-state index contributed by atoms with van der Waals surface area (Å²) in [6, 6.07) is 18.5. The van der Waals surface area contributed by atoms with Crippen molar-refractivity contribution in [3.05, 3.63) is 93.0 Å². The minimum Gasteiger partial charge on any atom is -0.493 e. The number of benzene rings is 3. The lowest BCUT2D eigenvalue weighted by atomic mass is 10.1. The highest BCUT2D eigenvalue weighted by molar-refractivity contribution is 6.31. The molecule has 37 heavy (non-hydrogen) atoms. The Labute approximate surface area is 218 Å². The molecule has 0 spiro atoms. The third kappa shape index (κ3) is 6.10. The summed E-state index contributed by atoms with van der Waals surface area (Å²) < 4.78 is 11.7. The van der Waals surface area contributed by atoms with E-state index in [9.17, 15) is 14.9 Å². The number of fused-ring (bicyclic) bond motifs is 1. The lowest BCUT2D eigenvalue weighted by Crippen LogP contribution is -2.46. The van der Waals surface area contributed by atoms with E-state index in [4.69, 9.17) is 32.5 Å². The molecule has 0 bridgehead atoms. The van der Waals surface area contributed by atoms with Crippen LogP contribution in [0.4, 0.5) is 11.4 Å². The van der Waals surface area contributed by atoms with Crippen molar-refractivity contribution >= 4 is 34.8 Å². The summed E-state index contributed by atoms with van der Waals surface area (Å²) in [5.41, 5.74) is 12.9. The largest absolute Gasteiger partial charge is 0.493 e. The van der Waals surface area contributed by atoms with Crippen LogP contribution in [0.1, 0.15) is 30.5 Å². The Bertz CT molecular complexity index is 1330. The van der Waals surface area contributed by atoms with E-state index in [0.29, 0.717) is 16.5 Å². The summed E-state index contributed by atoms with van der Waals surface area (Å²) >= 11 is 6.33. The lowest BCUT2D eigenvalue weighted by Gasteiger charge is -2.34. The van der Waals surface area contributed by atoms with E-state index in [1.807, 2.05) is 31.2 Å². The maximum Gasteiger partial charge on any atom is 0.273 e. The fraction of sp³-hybridized carbons (Fsp3) is 0.231. The Morgan fingerprint density at radius 2 is 1.92 bits per heavy atom. The number of carbonyl (C=O) groups excluding carboxylic acids is 1. The zero-order valence-corrected chi connectivity index (χ0v) is 20.8. The molecule has 4 N–H and O–H groups in total. The van der Waals surface area contributed by atoms with E-state index in [-0.39, 0.29) is 48.9 Å². The van der Waals surface area contributed by atoms with Crippen LogP contribution in [0.25, 0.3) is 0 Å². The third-order valence-corrected chi connectivity index (χ3v) is 6.26. The highest BCUT2D eigenvalue weighted by Gasteiger charge is 2.35. The fourth-order valence-corrected chi connectivity index (χ4v) is 4.19. The van der Waals surface area contributed by atoms with Crippen molar-refractivity contribution in [3.63, 3.8) is 0 Å². The Balaban J connectivity index is 1.49. The van der Waals surface area contributed by atoms with Crippen molar-refractivity contribution in [1.82, 2.24) is 0 Å². The Hall–Kier alpha value is -4.31. The Kier molecular flexibility index (Phi) is 7.78. The molecule has 1 amide bonds. The predicted octanol–water partition coefficient (Wildman–Crippen LogP) is 4.35. The van der Waals surface area contributed by atoms with Gasteiger partial charge in [0.25, 0.3) is 11.6 Å². The van der Waals surface area contributed by atoms with Crippen LogP contribution in [0.3, 0.4) is 0 Å². The molecule has 3 aromatic rings. The van der Waals surface area contributed by atoms with Gasteiger partial charge in [0.15, 0.2) is 17.8 Å². The molecule has 0 aromatic heterocycles. The second-order valence-electron chi connectivity index (χ2n) is 8.47. The average Bonchev–Trinajstić information content (AvgIpc) is 2.87. The van der Waals surface area contributed by atoms with Gasteiger partial charge in [0.1, 0.15) is 5.75 Å². The van der Waals surface area contributed by atoms with Gasteiger partial charge in [-0.1, -0.05) is 41.9 Å². The number of aliphatic imine (C=N–C) groups is 1. The number of carbonyl (C=O) groups is 1. The van der Waals surface area contributed by atoms with Gasteiger partial charge in [-0.05, 0) is 42.3 Å². The van der Waals surface area contributed by atoms with Crippen LogP contribution in [0, 0.1) is 10.1 Å². The van der Waals surface area contributed by atoms with Crippen molar-refractivity contribution < 1.29 is 19.2 Å². The molecule has 11 heteroatoms. The maximum absolute atomic E-state index is 13.4. The van der Waals surface area contributed by atoms with Gasteiger partial charge < -0.3 is 25.8 Å². The van der Waals surface area contributed by atoms with Gasteiger partial charge in [0, 0.05) is 17.5 Å². The number of ether oxygens (including phenoxy) is 2. The van der Waals surface area contributed by atoms with E-state index in [2.05, 4.69) is 4.99 Å². The van der Waals surface area contributed by atoms with Crippen LogP contribution in [0.5, 0.6) is 11.5 Å². The second kappa shape index (κ2) is 11.2. The predicted molar refractivity (Wildman–Crippen MR) is 141 cm³/mol. The minimum atomic E-state index is -0.891. The monoisotopic (exact) mass is 523 g/mol. The van der Waals surface area contributed by atoms with Crippen molar-refractivity contribution in [1.29, 1.82) is 0 Å². The van der Waals surface area contributed by atoms with Gasteiger partial charge in [0.05, 0.1) is 35.9 Å². The number of hydrogen-bond donors (Lipinski definition) is 2. The van der Waals surface area contributed by atoms with Gasteiger partial charge >= 0.3 is 0 Å². The lowest BCUT2D eigenvalue weighted by molar-refractivity contribution is -0.384. The summed E-state index contributed by atoms with van der Waals surface area (Å²) in [5.74, 6) is 0.587. The van der Waals surface area contributed by atoms with Gasteiger partial charge in [0.2, 0.25) is 0 Å². The number of hydrogen-bond acceptors (Lipinski definition) is 6. The highest BCUT2D eigenvalue weighted by Crippen LogP contribution is 2.39. The van der Waals surface area contributed by atoms with E-state index in [1.165, 1.54) is 23.1 Å². The standard InChI is InChI=1S/C26H26ClN5O5/c1-16(30-26(28)29)17-6-9-20(10-7-17)36-13-12-23-25(33)31(15-18-4-2-3-5-21(18)27)22-11-8-19(32(34)35)14-24(22)37-23/h2-11,14,16,23H,12-13,15H2,1H3,(H4,28,29,30). The van der Waals surface area contributed by atoms with Crippen LogP contribution < -0.4 is 25.8 Å². The molecule has 1 aliphatic rings. The molecule has 4 rings (SSSR count). The molecule has 2 unspecified atom stereocenters. The number of nitro benzene ring substituents is 1. The first-order valence-corrected chi connectivity index (χ1v) is 11.9. The Morgan fingerprint density at radius 3 is 2.59 bits per heavy atom. The quantitative estimate of drug-likeness (QED) is 0.183. The Morgan fingerprint density at radius 1 is 1.19 bits per heavy atom. The molecule has 0 radical (unpaired) electrons. The molecule has 1 heterocycles. The van der Waals surface area contributed by atoms with Gasteiger partial charge in [-0.15, -0.1) is 0 Å². The van der Waals surface area contributed by atoms with E-state index in [1.54, 1.807) is 24.3 Å². The van der Waals surface area contributed by atoms with Crippen LogP contribution in [-0.4, -0.2) is 29.5 Å². The zero-order valence-electron chi connectivity index (χ0n) is 20.0. The van der Waals surface area contributed by atoms with Crippen LogP contribution >= 0.6 is 11.6 Å². The first-order valence-electron chi connectivity index (χ1n) is 11.5. The third-order valence-electron chi connectivity index (χ3n) is 5.90. The van der Waals surface area contributed by atoms with Crippen LogP contribution in [-0.2, 0) is 11.3 Å². The van der Waals surface area contributed by atoms with Crippen LogP contribution in [0.15, 0.2) is 71.7 Å². The molecule has 10 nitrogen and oxygen atoms in total. The average molecular weight is 524 g/mol. The molecule has 3 aromatic carbocycles. The number of amides is 1. The first-order chi connectivity index (χ1) is 17.7. The molecule has 0 saturated carbocycles. The normalized spacial score (nSPS) is 15.4. The highest BCUT2D eigenvalue weighted by atomic mass is 35.5. The first kappa shape index (κ1) is 25.8. The number of anilines is 1. The summed E-state index contributed by atoms with van der Waals surface area (Å²) in [6.07, 6.45) is -0.662. The van der Waals surface area contributed by atoms with Crippen LogP contribution in [0.2, 0.25) is 5.02 Å². The summed E-state index contributed by atoms with van der Waals surface area (Å²) in [4.78, 5) is 29.9. The van der Waals surface area contributed by atoms with E-state index >= 15 is 0 Å². The summed E-state index contributed by atoms with van der Waals surface area (Å²) in [6.45, 7) is 2.25. The van der Waals surface area contributed by atoms with Crippen molar-refractivity contribution in [2.45, 2.75) is 32.0 Å². The van der Waals surface area contributed by atoms with Crippen molar-refractivity contribution in [3.8, 4) is 11.5 Å².